The molecule has 47 heavy (non-hydrogen) atoms. The fourth-order valence-electron chi connectivity index (χ4n) is 5.76. The van der Waals surface area contributed by atoms with Gasteiger partial charge in [-0.15, -0.1) is 0 Å². The van der Waals surface area contributed by atoms with Gasteiger partial charge >= 0.3 is 7.44 Å². The number of pyridine rings is 1. The summed E-state index contributed by atoms with van der Waals surface area (Å²) in [5, 5.41) is 0. The molecule has 0 aliphatic rings. The van der Waals surface area contributed by atoms with Crippen LogP contribution >= 0.6 is 7.44 Å². The third kappa shape index (κ3) is 6.05. The minimum absolute atomic E-state index is 0.437. The Morgan fingerprint density at radius 3 is 0.957 bits per heavy atom. The van der Waals surface area contributed by atoms with Gasteiger partial charge in [-0.2, -0.15) is 0 Å². The second-order valence-corrected chi connectivity index (χ2v) is 13.2. The van der Waals surface area contributed by atoms with Crippen LogP contribution in [0.4, 0.5) is 39.9 Å². The monoisotopic (exact) mass is 628 g/mol. The molecule has 1 aromatic heterocycles. The highest BCUT2D eigenvalue weighted by atomic mass is 31.2. The van der Waals surface area contributed by atoms with E-state index in [0.717, 1.165) is 34.1 Å². The van der Waals surface area contributed by atoms with Crippen molar-refractivity contribution in [1.29, 1.82) is 0 Å². The zero-order valence-electron chi connectivity index (χ0n) is 25.7. The number of aromatic nitrogens is 1. The number of nitrogens with zero attached hydrogens (tertiary/aromatic N) is 4. The number of para-hydroxylation sites is 6. The highest BCUT2D eigenvalue weighted by Gasteiger charge is 2.43. The maximum absolute atomic E-state index is 16.8. The Balaban J connectivity index is 1.54. The van der Waals surface area contributed by atoms with E-state index >= 15 is 4.57 Å². The molecule has 0 N–H and O–H groups in total. The number of rotatable bonds is 10. The molecule has 0 aliphatic heterocycles. The van der Waals surface area contributed by atoms with E-state index in [1.54, 1.807) is 0 Å². The fourth-order valence-corrected chi connectivity index (χ4v) is 8.65. The quantitative estimate of drug-likeness (QED) is 0.141. The summed E-state index contributed by atoms with van der Waals surface area (Å²) in [6, 6.07) is 65.7. The van der Waals surface area contributed by atoms with Gasteiger partial charge in [-0.1, -0.05) is 115 Å². The molecule has 0 bridgehead atoms. The predicted octanol–water partition coefficient (Wildman–Crippen LogP) is 11.0. The predicted molar refractivity (Wildman–Crippen MR) is 196 cm³/mol. The molecule has 0 unspecified atom stereocenters. The molecule has 7 rings (SSSR count). The van der Waals surface area contributed by atoms with Gasteiger partial charge in [-0.05, 0) is 84.9 Å². The molecule has 0 saturated heterocycles. The van der Waals surface area contributed by atoms with Crippen molar-refractivity contribution in [3.63, 3.8) is 0 Å². The molecule has 0 fully saturated rings. The third-order valence-corrected chi connectivity index (χ3v) is 10.7. The highest BCUT2D eigenvalue weighted by molar-refractivity contribution is 7.75. The Bertz CT molecular complexity index is 1860. The molecule has 0 amide bonds. The molecule has 0 atom stereocenters. The van der Waals surface area contributed by atoms with Gasteiger partial charge in [0.05, 0.1) is 0 Å². The first-order chi connectivity index (χ1) is 23.2. The highest BCUT2D eigenvalue weighted by Crippen LogP contribution is 2.62. The number of anilines is 7. The van der Waals surface area contributed by atoms with E-state index in [0.29, 0.717) is 11.3 Å². The first kappa shape index (κ1) is 29.8. The normalized spacial score (nSPS) is 11.1. The van der Waals surface area contributed by atoms with Crippen LogP contribution in [-0.2, 0) is 4.57 Å². The van der Waals surface area contributed by atoms with Crippen LogP contribution in [0, 0.1) is 0 Å². The third-order valence-electron chi connectivity index (χ3n) is 7.82. The first-order valence-electron chi connectivity index (χ1n) is 15.5. The van der Waals surface area contributed by atoms with Gasteiger partial charge < -0.3 is 0 Å². The first-order valence-corrected chi connectivity index (χ1v) is 17.1. The summed E-state index contributed by atoms with van der Waals surface area (Å²) in [7, 11) is -3.90. The van der Waals surface area contributed by atoms with Gasteiger partial charge in [-0.25, -0.2) is 4.98 Å². The molecule has 0 radical (unpaired) electrons. The van der Waals surface area contributed by atoms with Gasteiger partial charge in [0, 0.05) is 34.1 Å². The lowest BCUT2D eigenvalue weighted by Crippen LogP contribution is -2.34. The van der Waals surface area contributed by atoms with Crippen molar-refractivity contribution < 1.29 is 4.57 Å². The Hall–Kier alpha value is -5.90. The summed E-state index contributed by atoms with van der Waals surface area (Å²) < 4.78 is 20.7. The summed E-state index contributed by atoms with van der Waals surface area (Å²) in [5.74, 6) is 0.655. The molecule has 1 heterocycles. The summed E-state index contributed by atoms with van der Waals surface area (Å²) in [6.07, 6.45) is 0. The molecule has 228 valence electrons. The standard InChI is InChI=1S/C41H33N4OP/c46-47(44(36-24-11-3-12-25-36)37-26-13-4-14-27-37,45(38-28-15-5-16-29-38)39-30-17-6-18-31-39)41-33-19-32-40(42-41)43(34-20-7-1-8-21-34)35-22-9-2-10-23-35/h1-33H. The van der Waals surface area contributed by atoms with Crippen molar-refractivity contribution in [3.05, 3.63) is 200 Å². The van der Waals surface area contributed by atoms with Crippen molar-refractivity contribution in [1.82, 2.24) is 4.98 Å². The second kappa shape index (κ2) is 13.6. The molecule has 6 aromatic carbocycles. The molecule has 0 aliphatic carbocycles. The van der Waals surface area contributed by atoms with Crippen LogP contribution in [0.15, 0.2) is 200 Å². The lowest BCUT2D eigenvalue weighted by molar-refractivity contribution is 0.580. The number of hydrogen-bond acceptors (Lipinski definition) is 3. The van der Waals surface area contributed by atoms with E-state index in [1.807, 2.05) is 185 Å². The maximum atomic E-state index is 16.8. The van der Waals surface area contributed by atoms with Crippen LogP contribution < -0.4 is 19.7 Å². The van der Waals surface area contributed by atoms with Crippen LogP contribution in [0.1, 0.15) is 0 Å². The maximum Gasteiger partial charge on any atom is 0.319 e. The van der Waals surface area contributed by atoms with Crippen molar-refractivity contribution in [2.75, 3.05) is 14.2 Å². The molecule has 5 nitrogen and oxygen atoms in total. The van der Waals surface area contributed by atoms with Crippen LogP contribution in [0.3, 0.4) is 0 Å². The van der Waals surface area contributed by atoms with Crippen LogP contribution in [0.25, 0.3) is 0 Å². The Kier molecular flexibility index (Phi) is 8.63. The Morgan fingerprint density at radius 2 is 0.638 bits per heavy atom. The van der Waals surface area contributed by atoms with Gasteiger partial charge in [0.15, 0.2) is 0 Å². The van der Waals surface area contributed by atoms with Gasteiger partial charge in [0.2, 0.25) is 0 Å². The zero-order valence-corrected chi connectivity index (χ0v) is 26.6. The molecule has 7 aromatic rings. The van der Waals surface area contributed by atoms with Crippen molar-refractivity contribution in [2.24, 2.45) is 0 Å². The van der Waals surface area contributed by atoms with E-state index < -0.39 is 7.44 Å². The van der Waals surface area contributed by atoms with Crippen LogP contribution in [-0.4, -0.2) is 4.98 Å². The molecule has 0 spiro atoms. The van der Waals surface area contributed by atoms with E-state index in [-0.39, 0.29) is 0 Å². The summed E-state index contributed by atoms with van der Waals surface area (Å²) in [6.45, 7) is 0. The van der Waals surface area contributed by atoms with Crippen molar-refractivity contribution in [2.45, 2.75) is 0 Å². The lowest BCUT2D eigenvalue weighted by atomic mass is 10.2. The average Bonchev–Trinajstić information content (AvgIpc) is 3.15. The SMILES string of the molecule is O=P(c1cccc(N(c2ccccc2)c2ccccc2)n1)(N(c1ccccc1)c1ccccc1)N(c1ccccc1)c1ccccc1. The van der Waals surface area contributed by atoms with E-state index in [9.17, 15) is 0 Å². The largest absolute Gasteiger partial charge is 0.319 e. The smallest absolute Gasteiger partial charge is 0.295 e. The topological polar surface area (TPSA) is 39.7 Å². The molecule has 6 heteroatoms. The van der Waals surface area contributed by atoms with Crippen molar-refractivity contribution in [3.8, 4) is 0 Å². The van der Waals surface area contributed by atoms with Gasteiger partial charge in [0.25, 0.3) is 0 Å². The molecule has 0 saturated carbocycles. The summed E-state index contributed by atoms with van der Waals surface area (Å²) in [5.41, 5.74) is 5.48. The number of benzene rings is 6. The molecular weight excluding hydrogens is 595 g/mol. The number of hydrogen-bond donors (Lipinski definition) is 0. The Morgan fingerprint density at radius 1 is 0.340 bits per heavy atom. The minimum Gasteiger partial charge on any atom is -0.295 e. The van der Waals surface area contributed by atoms with E-state index in [4.69, 9.17) is 4.98 Å². The van der Waals surface area contributed by atoms with Crippen LogP contribution in [0.5, 0.6) is 0 Å². The zero-order chi connectivity index (χ0) is 31.9. The summed E-state index contributed by atoms with van der Waals surface area (Å²) in [4.78, 5) is 7.42. The van der Waals surface area contributed by atoms with E-state index in [2.05, 4.69) is 29.2 Å². The minimum atomic E-state index is -3.90. The van der Waals surface area contributed by atoms with Gasteiger partial charge in [-0.3, -0.25) is 18.8 Å². The lowest BCUT2D eigenvalue weighted by Gasteiger charge is -2.41. The fraction of sp³-hybridized carbons (Fsp3) is 0. The van der Waals surface area contributed by atoms with Crippen LogP contribution in [0.2, 0.25) is 0 Å². The average molecular weight is 629 g/mol. The van der Waals surface area contributed by atoms with Gasteiger partial charge in [0.1, 0.15) is 11.3 Å². The van der Waals surface area contributed by atoms with Crippen molar-refractivity contribution >= 4 is 52.8 Å². The Labute approximate surface area is 276 Å². The summed E-state index contributed by atoms with van der Waals surface area (Å²) >= 11 is 0. The van der Waals surface area contributed by atoms with E-state index in [1.165, 1.54) is 0 Å². The second-order valence-electron chi connectivity index (χ2n) is 10.9. The molecular formula is C41H33N4OP.